The van der Waals surface area contributed by atoms with Crippen molar-refractivity contribution >= 4 is 33.0 Å². The van der Waals surface area contributed by atoms with Crippen molar-refractivity contribution in [1.29, 1.82) is 0 Å². The number of benzene rings is 6. The molecule has 0 N–H and O–H groups in total. The molecule has 0 radical (unpaired) electrons. The minimum atomic E-state index is 0.974. The van der Waals surface area contributed by atoms with Crippen LogP contribution in [0.15, 0.2) is 150 Å². The van der Waals surface area contributed by atoms with E-state index in [1.165, 1.54) is 66.0 Å². The van der Waals surface area contributed by atoms with Crippen molar-refractivity contribution in [3.05, 3.63) is 172 Å². The molecule has 6 aromatic carbocycles. The minimum absolute atomic E-state index is 0.974. The van der Waals surface area contributed by atoms with Gasteiger partial charge in [-0.05, 0) is 107 Å². The monoisotopic (exact) mass is 605 g/mol. The average Bonchev–Trinajstić information content (AvgIpc) is 3.04. The van der Waals surface area contributed by atoms with E-state index >= 15 is 0 Å². The molecule has 0 heterocycles. The molecule has 0 saturated heterocycles. The Labute approximate surface area is 257 Å². The molecule has 0 amide bonds. The van der Waals surface area contributed by atoms with Crippen LogP contribution in [0.5, 0.6) is 0 Å². The molecule has 0 fully saturated rings. The molecule has 4 aliphatic rings. The Morgan fingerprint density at radius 1 is 0.405 bits per heavy atom. The van der Waals surface area contributed by atoms with Gasteiger partial charge in [0.25, 0.3) is 0 Å². The zero-order valence-electron chi connectivity index (χ0n) is 23.5. The van der Waals surface area contributed by atoms with E-state index < -0.39 is 0 Å². The van der Waals surface area contributed by atoms with E-state index in [1.54, 1.807) is 0 Å². The summed E-state index contributed by atoms with van der Waals surface area (Å²) in [6.45, 7) is 0. The van der Waals surface area contributed by atoms with Crippen LogP contribution in [0.25, 0.3) is 22.3 Å². The molecule has 0 unspecified atom stereocenters. The zero-order valence-corrected chi connectivity index (χ0v) is 25.1. The standard InChI is InChI=1S/C40H32BrN/c41-39-27-29-11-15-35(39)16-12-30-14-18-36(17-13-29)40(28-30)42(37-23-19-33(20-24-37)31-7-3-1-4-8-31)38-25-21-34(22-26-38)32-9-5-2-6-10-32/h1-11,14-15,18-28H,12-13,16-17H2. The quantitative estimate of drug-likeness (QED) is 0.189. The predicted molar refractivity (Wildman–Crippen MR) is 181 cm³/mol. The van der Waals surface area contributed by atoms with Crippen LogP contribution >= 0.6 is 15.9 Å². The van der Waals surface area contributed by atoms with Crippen LogP contribution < -0.4 is 4.90 Å². The van der Waals surface area contributed by atoms with Crippen molar-refractivity contribution in [1.82, 2.24) is 0 Å². The van der Waals surface area contributed by atoms with Gasteiger partial charge in [0.1, 0.15) is 0 Å². The van der Waals surface area contributed by atoms with E-state index in [0.717, 1.165) is 25.7 Å². The first-order chi connectivity index (χ1) is 20.7. The maximum absolute atomic E-state index is 3.82. The molecule has 0 spiro atoms. The van der Waals surface area contributed by atoms with Crippen molar-refractivity contribution in [2.24, 2.45) is 0 Å². The van der Waals surface area contributed by atoms with Crippen LogP contribution in [-0.2, 0) is 25.7 Å². The van der Waals surface area contributed by atoms with Crippen molar-refractivity contribution in [3.8, 4) is 22.3 Å². The van der Waals surface area contributed by atoms with Crippen molar-refractivity contribution in [2.75, 3.05) is 4.90 Å². The second-order valence-corrected chi connectivity index (χ2v) is 11.9. The van der Waals surface area contributed by atoms with Gasteiger partial charge < -0.3 is 4.90 Å². The molecule has 2 heteroatoms. The number of aryl methyl sites for hydroxylation is 4. The lowest BCUT2D eigenvalue weighted by molar-refractivity contribution is 0.914. The van der Waals surface area contributed by atoms with Gasteiger partial charge in [0.2, 0.25) is 0 Å². The van der Waals surface area contributed by atoms with Crippen molar-refractivity contribution < 1.29 is 0 Å². The van der Waals surface area contributed by atoms with Crippen LogP contribution in [0.1, 0.15) is 22.3 Å². The summed E-state index contributed by atoms with van der Waals surface area (Å²) in [4.78, 5) is 2.45. The number of hydrogen-bond acceptors (Lipinski definition) is 1. The van der Waals surface area contributed by atoms with E-state index in [9.17, 15) is 0 Å². The molecular weight excluding hydrogens is 574 g/mol. The van der Waals surface area contributed by atoms with Gasteiger partial charge in [-0.2, -0.15) is 0 Å². The number of nitrogens with zero attached hydrogens (tertiary/aromatic N) is 1. The molecule has 42 heavy (non-hydrogen) atoms. The molecule has 4 aliphatic carbocycles. The molecule has 0 aromatic heterocycles. The molecular formula is C40H32BrN. The van der Waals surface area contributed by atoms with Crippen LogP contribution in [0.2, 0.25) is 0 Å². The molecule has 0 saturated carbocycles. The summed E-state index contributed by atoms with van der Waals surface area (Å²) in [7, 11) is 0. The normalized spacial score (nSPS) is 12.5. The number of anilines is 3. The van der Waals surface area contributed by atoms with E-state index in [1.807, 2.05) is 0 Å². The lowest BCUT2D eigenvalue weighted by Crippen LogP contribution is -2.13. The van der Waals surface area contributed by atoms with Gasteiger partial charge in [0.15, 0.2) is 0 Å². The highest BCUT2D eigenvalue weighted by Gasteiger charge is 2.18. The Kier molecular flexibility index (Phi) is 7.47. The van der Waals surface area contributed by atoms with Gasteiger partial charge in [-0.25, -0.2) is 0 Å². The SMILES string of the molecule is Brc1cc2ccc1CCc1ccc(c(N(c3ccc(-c4ccccc4)cc3)c3ccc(-c4ccccc4)cc3)c1)CC2. The van der Waals surface area contributed by atoms with Gasteiger partial charge in [-0.15, -0.1) is 0 Å². The lowest BCUT2D eigenvalue weighted by atomic mass is 9.94. The van der Waals surface area contributed by atoms with Gasteiger partial charge in [-0.3, -0.25) is 0 Å². The number of hydrogen-bond donors (Lipinski definition) is 0. The van der Waals surface area contributed by atoms with Crippen LogP contribution in [-0.4, -0.2) is 0 Å². The third kappa shape index (κ3) is 5.55. The van der Waals surface area contributed by atoms with Crippen LogP contribution in [0.4, 0.5) is 17.1 Å². The zero-order chi connectivity index (χ0) is 28.3. The lowest BCUT2D eigenvalue weighted by Gasteiger charge is -2.29. The van der Waals surface area contributed by atoms with Crippen LogP contribution in [0, 0.1) is 0 Å². The fourth-order valence-corrected chi connectivity index (χ4v) is 6.61. The molecule has 6 aromatic rings. The van der Waals surface area contributed by atoms with Crippen LogP contribution in [0.3, 0.4) is 0 Å². The third-order valence-corrected chi connectivity index (χ3v) is 9.08. The first-order valence-corrected chi connectivity index (χ1v) is 15.5. The largest absolute Gasteiger partial charge is 0.310 e. The minimum Gasteiger partial charge on any atom is -0.310 e. The van der Waals surface area contributed by atoms with E-state index in [0.29, 0.717) is 0 Å². The topological polar surface area (TPSA) is 3.24 Å². The Balaban J connectivity index is 1.33. The molecule has 4 bridgehead atoms. The van der Waals surface area contributed by atoms with Gasteiger partial charge in [0.05, 0.1) is 0 Å². The summed E-state index contributed by atoms with van der Waals surface area (Å²) in [5.74, 6) is 0. The summed E-state index contributed by atoms with van der Waals surface area (Å²) < 4.78 is 1.23. The fourth-order valence-electron chi connectivity index (χ4n) is 5.99. The summed E-state index contributed by atoms with van der Waals surface area (Å²) in [6, 6.07) is 53.3. The highest BCUT2D eigenvalue weighted by molar-refractivity contribution is 9.10. The summed E-state index contributed by atoms with van der Waals surface area (Å²) in [5.41, 5.74) is 14.0. The second kappa shape index (κ2) is 11.8. The highest BCUT2D eigenvalue weighted by atomic mass is 79.9. The summed E-state index contributed by atoms with van der Waals surface area (Å²) >= 11 is 3.82. The van der Waals surface area contributed by atoms with E-state index in [2.05, 4.69) is 166 Å². The van der Waals surface area contributed by atoms with E-state index in [4.69, 9.17) is 0 Å². The predicted octanol–water partition coefficient (Wildman–Crippen LogP) is 11.1. The van der Waals surface area contributed by atoms with E-state index in [-0.39, 0.29) is 0 Å². The Morgan fingerprint density at radius 2 is 0.857 bits per heavy atom. The molecule has 1 nitrogen and oxygen atoms in total. The maximum Gasteiger partial charge on any atom is 0.0496 e. The highest BCUT2D eigenvalue weighted by Crippen LogP contribution is 2.40. The first kappa shape index (κ1) is 26.5. The van der Waals surface area contributed by atoms with Gasteiger partial charge in [0, 0.05) is 21.5 Å². The van der Waals surface area contributed by atoms with Crippen molar-refractivity contribution in [2.45, 2.75) is 25.7 Å². The molecule has 0 atom stereocenters. The molecule has 10 rings (SSSR count). The smallest absolute Gasteiger partial charge is 0.0496 e. The third-order valence-electron chi connectivity index (χ3n) is 8.34. The molecule has 204 valence electrons. The average molecular weight is 607 g/mol. The van der Waals surface area contributed by atoms with Gasteiger partial charge in [-0.1, -0.05) is 125 Å². The summed E-state index contributed by atoms with van der Waals surface area (Å²) in [5, 5.41) is 0. The summed E-state index contributed by atoms with van der Waals surface area (Å²) in [6.07, 6.45) is 3.98. The fraction of sp³-hybridized carbons (Fsp3) is 0.100. The number of rotatable bonds is 5. The molecule has 0 aliphatic heterocycles. The first-order valence-electron chi connectivity index (χ1n) is 14.7. The Morgan fingerprint density at radius 3 is 1.38 bits per heavy atom. The maximum atomic E-state index is 3.82. The Bertz CT molecular complexity index is 1720. The number of halogens is 1. The Hall–Kier alpha value is -4.40. The van der Waals surface area contributed by atoms with Crippen molar-refractivity contribution in [3.63, 3.8) is 0 Å². The van der Waals surface area contributed by atoms with Gasteiger partial charge >= 0.3 is 0 Å². The second-order valence-electron chi connectivity index (χ2n) is 11.1.